The second kappa shape index (κ2) is 8.47. The van der Waals surface area contributed by atoms with Gasteiger partial charge in [0.1, 0.15) is 0 Å². The van der Waals surface area contributed by atoms with Crippen molar-refractivity contribution in [2.45, 2.75) is 39.3 Å². The SMILES string of the molecule is CCn1nc(C(=O)NCc2cccc(N3CCCCC3)c2)c2ccccc2c1=O. The Morgan fingerprint density at radius 1 is 1.03 bits per heavy atom. The van der Waals surface area contributed by atoms with Crippen LogP contribution in [0.4, 0.5) is 5.69 Å². The highest BCUT2D eigenvalue weighted by Gasteiger charge is 2.16. The molecule has 0 saturated carbocycles. The Balaban J connectivity index is 1.55. The Labute approximate surface area is 170 Å². The third-order valence-corrected chi connectivity index (χ3v) is 5.47. The van der Waals surface area contributed by atoms with Gasteiger partial charge in [0.05, 0.1) is 5.39 Å². The molecule has 4 rings (SSSR count). The first-order valence-electron chi connectivity index (χ1n) is 10.3. The van der Waals surface area contributed by atoms with E-state index in [1.54, 1.807) is 18.2 Å². The summed E-state index contributed by atoms with van der Waals surface area (Å²) in [6.07, 6.45) is 3.76. The van der Waals surface area contributed by atoms with E-state index in [0.29, 0.717) is 23.9 Å². The number of hydrogen-bond acceptors (Lipinski definition) is 4. The zero-order valence-electron chi connectivity index (χ0n) is 16.7. The number of carbonyl (C=O) groups excluding carboxylic acids is 1. The molecule has 29 heavy (non-hydrogen) atoms. The summed E-state index contributed by atoms with van der Waals surface area (Å²) in [6.45, 7) is 4.86. The van der Waals surface area contributed by atoms with Gasteiger partial charge in [-0.25, -0.2) is 4.68 Å². The fourth-order valence-corrected chi connectivity index (χ4v) is 3.90. The van der Waals surface area contributed by atoms with E-state index in [2.05, 4.69) is 27.4 Å². The largest absolute Gasteiger partial charge is 0.372 e. The molecule has 0 spiro atoms. The van der Waals surface area contributed by atoms with Crippen molar-refractivity contribution in [1.82, 2.24) is 15.1 Å². The number of aromatic nitrogens is 2. The Kier molecular flexibility index (Phi) is 5.60. The summed E-state index contributed by atoms with van der Waals surface area (Å²) in [6, 6.07) is 15.5. The van der Waals surface area contributed by atoms with E-state index < -0.39 is 0 Å². The van der Waals surface area contributed by atoms with Crippen molar-refractivity contribution in [2.75, 3.05) is 18.0 Å². The highest BCUT2D eigenvalue weighted by Crippen LogP contribution is 2.21. The van der Waals surface area contributed by atoms with Gasteiger partial charge in [-0.3, -0.25) is 9.59 Å². The van der Waals surface area contributed by atoms with Crippen LogP contribution in [0.15, 0.2) is 53.3 Å². The van der Waals surface area contributed by atoms with E-state index in [-0.39, 0.29) is 17.2 Å². The smallest absolute Gasteiger partial charge is 0.274 e. The molecular formula is C23H26N4O2. The maximum atomic E-state index is 12.9. The van der Waals surface area contributed by atoms with Crippen LogP contribution in [-0.4, -0.2) is 28.8 Å². The monoisotopic (exact) mass is 390 g/mol. The van der Waals surface area contributed by atoms with Crippen LogP contribution < -0.4 is 15.8 Å². The molecule has 1 amide bonds. The van der Waals surface area contributed by atoms with Gasteiger partial charge in [-0.15, -0.1) is 0 Å². The molecule has 1 aromatic heterocycles. The van der Waals surface area contributed by atoms with Crippen LogP contribution in [0.25, 0.3) is 10.8 Å². The van der Waals surface area contributed by atoms with Crippen molar-refractivity contribution >= 4 is 22.4 Å². The summed E-state index contributed by atoms with van der Waals surface area (Å²) >= 11 is 0. The van der Waals surface area contributed by atoms with Crippen molar-refractivity contribution in [1.29, 1.82) is 0 Å². The van der Waals surface area contributed by atoms with E-state index in [1.165, 1.54) is 29.6 Å². The van der Waals surface area contributed by atoms with Crippen LogP contribution >= 0.6 is 0 Å². The number of nitrogens with one attached hydrogen (secondary N) is 1. The molecule has 0 aliphatic carbocycles. The summed E-state index contributed by atoms with van der Waals surface area (Å²) in [7, 11) is 0. The van der Waals surface area contributed by atoms with Crippen LogP contribution in [-0.2, 0) is 13.1 Å². The topological polar surface area (TPSA) is 67.2 Å². The number of hydrogen-bond donors (Lipinski definition) is 1. The van der Waals surface area contributed by atoms with E-state index >= 15 is 0 Å². The zero-order valence-corrected chi connectivity index (χ0v) is 16.7. The molecule has 0 bridgehead atoms. The molecule has 1 saturated heterocycles. The fraction of sp³-hybridized carbons (Fsp3) is 0.348. The highest BCUT2D eigenvalue weighted by atomic mass is 16.2. The molecule has 3 aromatic rings. The molecular weight excluding hydrogens is 364 g/mol. The van der Waals surface area contributed by atoms with Gasteiger partial charge in [0, 0.05) is 37.3 Å². The lowest BCUT2D eigenvalue weighted by atomic mass is 10.1. The van der Waals surface area contributed by atoms with E-state index in [1.807, 2.05) is 25.1 Å². The third-order valence-electron chi connectivity index (χ3n) is 5.47. The minimum absolute atomic E-state index is 0.172. The minimum atomic E-state index is -0.272. The zero-order chi connectivity index (χ0) is 20.2. The van der Waals surface area contributed by atoms with Gasteiger partial charge in [0.15, 0.2) is 5.69 Å². The number of amides is 1. The normalized spacial score (nSPS) is 14.2. The van der Waals surface area contributed by atoms with Gasteiger partial charge in [-0.1, -0.05) is 30.3 Å². The third kappa shape index (κ3) is 4.01. The number of fused-ring (bicyclic) bond motifs is 1. The number of nitrogens with zero attached hydrogens (tertiary/aromatic N) is 3. The molecule has 1 aliphatic rings. The van der Waals surface area contributed by atoms with Gasteiger partial charge in [0.2, 0.25) is 0 Å². The average Bonchev–Trinajstić information content (AvgIpc) is 2.79. The van der Waals surface area contributed by atoms with Crippen LogP contribution in [0.1, 0.15) is 42.2 Å². The first-order chi connectivity index (χ1) is 14.2. The van der Waals surface area contributed by atoms with Crippen molar-refractivity contribution in [2.24, 2.45) is 0 Å². The van der Waals surface area contributed by atoms with Gasteiger partial charge in [-0.2, -0.15) is 5.10 Å². The number of aryl methyl sites for hydroxylation is 1. The lowest BCUT2D eigenvalue weighted by molar-refractivity contribution is 0.0945. The Morgan fingerprint density at radius 2 is 1.79 bits per heavy atom. The molecule has 6 heteroatoms. The molecule has 0 atom stereocenters. The van der Waals surface area contributed by atoms with E-state index in [4.69, 9.17) is 0 Å². The minimum Gasteiger partial charge on any atom is -0.372 e. The predicted octanol–water partition coefficient (Wildman–Crippen LogP) is 3.34. The maximum Gasteiger partial charge on any atom is 0.274 e. The number of carbonyl (C=O) groups is 1. The van der Waals surface area contributed by atoms with Crippen molar-refractivity contribution < 1.29 is 4.79 Å². The predicted molar refractivity (Wildman–Crippen MR) is 115 cm³/mol. The standard InChI is InChI=1S/C23H26N4O2/c1-2-27-23(29)20-12-5-4-11-19(20)21(25-27)22(28)24-16-17-9-8-10-18(15-17)26-13-6-3-7-14-26/h4-5,8-12,15H,2-3,6-7,13-14,16H2,1H3,(H,24,28). The molecule has 1 N–H and O–H groups in total. The van der Waals surface area contributed by atoms with Crippen LogP contribution in [0, 0.1) is 0 Å². The van der Waals surface area contributed by atoms with Crippen molar-refractivity contribution in [3.8, 4) is 0 Å². The number of benzene rings is 2. The van der Waals surface area contributed by atoms with Gasteiger partial charge in [-0.05, 0) is 49.9 Å². The molecule has 0 unspecified atom stereocenters. The average molecular weight is 390 g/mol. The lowest BCUT2D eigenvalue weighted by Gasteiger charge is -2.29. The molecule has 150 valence electrons. The summed E-state index contributed by atoms with van der Waals surface area (Å²) in [5.74, 6) is -0.272. The molecule has 0 radical (unpaired) electrons. The summed E-state index contributed by atoms with van der Waals surface area (Å²) in [5, 5.41) is 8.38. The fourth-order valence-electron chi connectivity index (χ4n) is 3.90. The van der Waals surface area contributed by atoms with Gasteiger partial charge < -0.3 is 10.2 Å². The molecule has 1 aliphatic heterocycles. The number of rotatable bonds is 5. The molecule has 1 fully saturated rings. The maximum absolute atomic E-state index is 12.9. The summed E-state index contributed by atoms with van der Waals surface area (Å²) in [4.78, 5) is 27.8. The molecule has 2 aromatic carbocycles. The Morgan fingerprint density at radius 3 is 2.55 bits per heavy atom. The van der Waals surface area contributed by atoms with Crippen molar-refractivity contribution in [3.05, 3.63) is 70.1 Å². The summed E-state index contributed by atoms with van der Waals surface area (Å²) < 4.78 is 1.34. The quantitative estimate of drug-likeness (QED) is 0.726. The Hall–Kier alpha value is -3.15. The first-order valence-corrected chi connectivity index (χ1v) is 10.3. The van der Waals surface area contributed by atoms with Crippen LogP contribution in [0.5, 0.6) is 0 Å². The van der Waals surface area contributed by atoms with Gasteiger partial charge in [0.25, 0.3) is 11.5 Å². The van der Waals surface area contributed by atoms with E-state index in [0.717, 1.165) is 18.7 Å². The van der Waals surface area contributed by atoms with Crippen LogP contribution in [0.3, 0.4) is 0 Å². The van der Waals surface area contributed by atoms with Gasteiger partial charge >= 0.3 is 0 Å². The van der Waals surface area contributed by atoms with Crippen LogP contribution in [0.2, 0.25) is 0 Å². The highest BCUT2D eigenvalue weighted by molar-refractivity contribution is 6.04. The molecule has 6 nitrogen and oxygen atoms in total. The first kappa shape index (κ1) is 19.2. The van der Waals surface area contributed by atoms with E-state index in [9.17, 15) is 9.59 Å². The number of piperidine rings is 1. The number of anilines is 1. The summed E-state index contributed by atoms with van der Waals surface area (Å²) in [5.41, 5.74) is 2.37. The Bertz CT molecular complexity index is 1080. The second-order valence-electron chi connectivity index (χ2n) is 7.42. The lowest BCUT2D eigenvalue weighted by Crippen LogP contribution is -2.30. The van der Waals surface area contributed by atoms with Crippen molar-refractivity contribution in [3.63, 3.8) is 0 Å². The second-order valence-corrected chi connectivity index (χ2v) is 7.42. The molecule has 2 heterocycles.